The van der Waals surface area contributed by atoms with E-state index in [4.69, 9.17) is 5.11 Å². The van der Waals surface area contributed by atoms with Crippen LogP contribution in [0.25, 0.3) is 0 Å². The Morgan fingerprint density at radius 1 is 0.345 bits per heavy atom. The van der Waals surface area contributed by atoms with E-state index < -0.39 is 5.97 Å². The van der Waals surface area contributed by atoms with Gasteiger partial charge in [-0.3, -0.25) is 0 Å². The number of carbonyl (C=O) groups is 1. The lowest BCUT2D eigenvalue weighted by Crippen LogP contribution is -2.29. The first-order chi connectivity index (χ1) is 27.0. The predicted octanol–water partition coefficient (Wildman–Crippen LogP) is 16.8. The normalized spacial score (nSPS) is 22.3. The molecular formula is C51H100O4. The second-order valence-corrected chi connectivity index (χ2v) is 18.3. The molecule has 328 valence electrons. The number of aliphatic carboxylic acids is 1. The van der Waals surface area contributed by atoms with Gasteiger partial charge in [-0.1, -0.05) is 276 Å². The summed E-state index contributed by atoms with van der Waals surface area (Å²) in [5.41, 5.74) is -0.0183. The van der Waals surface area contributed by atoms with Crippen molar-refractivity contribution in [3.8, 4) is 0 Å². The Morgan fingerprint density at radius 2 is 0.455 bits per heavy atom. The number of hydrogen-bond acceptors (Lipinski definition) is 3. The van der Waals surface area contributed by atoms with Gasteiger partial charge in [0, 0.05) is 11.0 Å². The number of aliphatic hydroxyl groups excluding tert-OH is 2. The lowest BCUT2D eigenvalue weighted by atomic mass is 9.79. The Morgan fingerprint density at radius 3 is 0.545 bits per heavy atom. The van der Waals surface area contributed by atoms with Crippen LogP contribution in [0.5, 0.6) is 0 Å². The van der Waals surface area contributed by atoms with Crippen LogP contribution in [-0.2, 0) is 4.79 Å². The van der Waals surface area contributed by atoms with Gasteiger partial charge in [0.05, 0.1) is 13.2 Å². The number of hydrogen-bond donors (Lipinski definition) is 3. The van der Waals surface area contributed by atoms with Gasteiger partial charge >= 0.3 is 5.97 Å². The molecule has 0 atom stereocenters. The molecule has 4 heteroatoms. The quantitative estimate of drug-likeness (QED) is 0.249. The van der Waals surface area contributed by atoms with E-state index in [1.165, 1.54) is 277 Å². The topological polar surface area (TPSA) is 77.8 Å². The first-order valence-corrected chi connectivity index (χ1v) is 25.1. The summed E-state index contributed by atoms with van der Waals surface area (Å²) >= 11 is 0. The molecule has 3 aliphatic rings. The molecule has 0 aliphatic heterocycles. The van der Waals surface area contributed by atoms with Gasteiger partial charge in [0.1, 0.15) is 0 Å². The molecule has 0 amide bonds. The van der Waals surface area contributed by atoms with Crippen molar-refractivity contribution in [1.82, 2.24) is 0 Å². The van der Waals surface area contributed by atoms with Gasteiger partial charge in [-0.2, -0.15) is 0 Å². The van der Waals surface area contributed by atoms with Crippen LogP contribution in [0.3, 0.4) is 0 Å². The van der Waals surface area contributed by atoms with Crippen molar-refractivity contribution in [2.24, 2.45) is 5.41 Å². The van der Waals surface area contributed by atoms with Crippen LogP contribution in [0.15, 0.2) is 12.2 Å². The average molecular weight is 777 g/mol. The highest BCUT2D eigenvalue weighted by Crippen LogP contribution is 2.31. The van der Waals surface area contributed by atoms with E-state index in [-0.39, 0.29) is 24.2 Å². The van der Waals surface area contributed by atoms with Crippen LogP contribution in [0.1, 0.15) is 289 Å². The second kappa shape index (κ2) is 44.2. The maximum Gasteiger partial charge on any atom is 0.330 e. The molecule has 0 radical (unpaired) electrons. The zero-order valence-electron chi connectivity index (χ0n) is 37.5. The van der Waals surface area contributed by atoms with Crippen molar-refractivity contribution in [3.63, 3.8) is 0 Å². The third-order valence-electron chi connectivity index (χ3n) is 12.7. The van der Waals surface area contributed by atoms with E-state index in [0.717, 1.165) is 12.8 Å². The molecule has 0 heterocycles. The number of aliphatic hydroxyl groups is 2. The maximum absolute atomic E-state index is 9.63. The molecule has 0 unspecified atom stereocenters. The smallest absolute Gasteiger partial charge is 0.330 e. The van der Waals surface area contributed by atoms with Crippen LogP contribution in [0, 0.1) is 5.41 Å². The largest absolute Gasteiger partial charge is 0.478 e. The van der Waals surface area contributed by atoms with Crippen LogP contribution in [0.2, 0.25) is 0 Å². The molecule has 0 aromatic heterocycles. The molecule has 3 aliphatic carbocycles. The zero-order valence-corrected chi connectivity index (χ0v) is 37.5. The second-order valence-electron chi connectivity index (χ2n) is 18.3. The van der Waals surface area contributed by atoms with Gasteiger partial charge in [-0.15, -0.1) is 0 Å². The minimum atomic E-state index is -0.935. The van der Waals surface area contributed by atoms with Crippen LogP contribution in [0.4, 0.5) is 0 Å². The number of carboxylic acid groups (broad SMARTS) is 1. The van der Waals surface area contributed by atoms with Gasteiger partial charge in [-0.05, 0) is 19.8 Å². The predicted molar refractivity (Wildman–Crippen MR) is 242 cm³/mol. The van der Waals surface area contributed by atoms with E-state index in [1.807, 2.05) is 0 Å². The molecule has 3 rings (SSSR count). The summed E-state index contributed by atoms with van der Waals surface area (Å²) in [5, 5.41) is 27.2. The Labute approximate surface area is 345 Å². The lowest BCUT2D eigenvalue weighted by molar-refractivity contribution is -0.132. The van der Waals surface area contributed by atoms with Crippen LogP contribution < -0.4 is 0 Å². The molecule has 0 aromatic rings. The summed E-state index contributed by atoms with van der Waals surface area (Å²) in [6.45, 7) is 4.91. The molecule has 0 aromatic carbocycles. The van der Waals surface area contributed by atoms with Crippen molar-refractivity contribution in [3.05, 3.63) is 12.2 Å². The van der Waals surface area contributed by atoms with Gasteiger partial charge in [0.15, 0.2) is 0 Å². The third kappa shape index (κ3) is 41.1. The fraction of sp³-hybridized carbons (Fsp3) is 0.941. The molecule has 0 bridgehead atoms. The van der Waals surface area contributed by atoms with Gasteiger partial charge in [0.25, 0.3) is 0 Å². The maximum atomic E-state index is 9.63. The van der Waals surface area contributed by atoms with Crippen molar-refractivity contribution < 1.29 is 20.1 Å². The fourth-order valence-electron chi connectivity index (χ4n) is 8.56. The van der Waals surface area contributed by atoms with Crippen molar-refractivity contribution in [1.29, 1.82) is 0 Å². The minimum absolute atomic E-state index is 0.156. The van der Waals surface area contributed by atoms with E-state index >= 15 is 0 Å². The zero-order chi connectivity index (χ0) is 40.2. The van der Waals surface area contributed by atoms with E-state index in [9.17, 15) is 15.0 Å². The highest BCUT2D eigenvalue weighted by molar-refractivity contribution is 5.84. The summed E-state index contributed by atoms with van der Waals surface area (Å²) in [7, 11) is 0. The van der Waals surface area contributed by atoms with Gasteiger partial charge < -0.3 is 15.3 Å². The summed E-state index contributed by atoms with van der Waals surface area (Å²) in [6, 6.07) is 0. The first kappa shape index (κ1) is 54.1. The van der Waals surface area contributed by atoms with Crippen molar-refractivity contribution in [2.45, 2.75) is 289 Å². The van der Waals surface area contributed by atoms with E-state index in [2.05, 4.69) is 6.58 Å². The SMILES string of the molecule is C1CCCCCCCCCCCCCC1.C1CCCCCCCCCCCCCC1.C=C(C)C(=O)O.OCC1(CO)CCCCCCCCCCCCCC1. The molecule has 3 N–H and O–H groups in total. The van der Waals surface area contributed by atoms with Gasteiger partial charge in [0.2, 0.25) is 0 Å². The molecule has 3 fully saturated rings. The molecular weight excluding hydrogens is 677 g/mol. The van der Waals surface area contributed by atoms with Gasteiger partial charge in [-0.25, -0.2) is 4.79 Å². The lowest BCUT2D eigenvalue weighted by Gasteiger charge is -2.30. The summed E-state index contributed by atoms with van der Waals surface area (Å²) in [4.78, 5) is 9.60. The van der Waals surface area contributed by atoms with Crippen molar-refractivity contribution in [2.75, 3.05) is 13.2 Å². The first-order valence-electron chi connectivity index (χ1n) is 25.1. The summed E-state index contributed by atoms with van der Waals surface area (Å²) in [6.07, 6.45) is 62.9. The molecule has 4 nitrogen and oxygen atoms in total. The summed E-state index contributed by atoms with van der Waals surface area (Å²) in [5.74, 6) is -0.935. The standard InChI is InChI=1S/C17H34O2.2C15H30.C4H6O2/c18-15-17(16-19)13-11-9-7-5-3-1-2-4-6-8-10-12-14-17;2*1-2-4-6-8-10-12-14-15-13-11-9-7-5-3-1;1-3(2)4(5)6/h18-19H,1-16H2;2*1-15H2;1H2,2H3,(H,5,6). The molecule has 55 heavy (non-hydrogen) atoms. The Bertz CT molecular complexity index is 597. The Kier molecular flexibility index (Phi) is 43.5. The minimum Gasteiger partial charge on any atom is -0.478 e. The Balaban J connectivity index is 0.000000745. The van der Waals surface area contributed by atoms with Crippen LogP contribution >= 0.6 is 0 Å². The molecule has 0 saturated heterocycles. The number of carboxylic acids is 1. The van der Waals surface area contributed by atoms with Crippen LogP contribution in [-0.4, -0.2) is 34.5 Å². The molecule has 3 saturated carbocycles. The number of rotatable bonds is 3. The van der Waals surface area contributed by atoms with E-state index in [1.54, 1.807) is 0 Å². The highest BCUT2D eigenvalue weighted by Gasteiger charge is 2.27. The highest BCUT2D eigenvalue weighted by atomic mass is 16.4. The van der Waals surface area contributed by atoms with Crippen molar-refractivity contribution >= 4 is 5.97 Å². The van der Waals surface area contributed by atoms with E-state index in [0.29, 0.717) is 0 Å². The average Bonchev–Trinajstić information content (AvgIpc) is 3.22. The Hall–Kier alpha value is -0.870. The summed E-state index contributed by atoms with van der Waals surface area (Å²) < 4.78 is 0. The monoisotopic (exact) mass is 777 g/mol. The fourth-order valence-corrected chi connectivity index (χ4v) is 8.56. The third-order valence-corrected chi connectivity index (χ3v) is 12.7. The molecule has 0 spiro atoms.